The second kappa shape index (κ2) is 7.38. The predicted octanol–water partition coefficient (Wildman–Crippen LogP) is 1.55. The molecule has 7 heteroatoms. The standard InChI is InChI=1S/C15H19N3O3S/c16-10-3-11-17-22(20,21)14-8-6-12(7-9-14)15(19)18-13-4-1-2-5-13/h6-9,13,17H,1-5,11H2,(H,18,19). The average Bonchev–Trinajstić information content (AvgIpc) is 3.00. The molecule has 0 saturated heterocycles. The highest BCUT2D eigenvalue weighted by atomic mass is 32.2. The van der Waals surface area contributed by atoms with E-state index < -0.39 is 10.0 Å². The van der Waals surface area contributed by atoms with Gasteiger partial charge >= 0.3 is 0 Å². The van der Waals surface area contributed by atoms with Crippen LogP contribution in [0.2, 0.25) is 0 Å². The zero-order chi connectivity index (χ0) is 16.0. The predicted molar refractivity (Wildman–Crippen MR) is 81.6 cm³/mol. The summed E-state index contributed by atoms with van der Waals surface area (Å²) >= 11 is 0. The van der Waals surface area contributed by atoms with Gasteiger partial charge in [0.1, 0.15) is 0 Å². The number of hydrogen-bond donors (Lipinski definition) is 2. The molecular formula is C15H19N3O3S. The first-order valence-electron chi connectivity index (χ1n) is 7.30. The zero-order valence-electron chi connectivity index (χ0n) is 12.2. The van der Waals surface area contributed by atoms with Gasteiger partial charge in [-0.25, -0.2) is 13.1 Å². The molecule has 118 valence electrons. The minimum Gasteiger partial charge on any atom is -0.349 e. The fraction of sp³-hybridized carbons (Fsp3) is 0.467. The molecule has 0 heterocycles. The molecule has 6 nitrogen and oxygen atoms in total. The first-order valence-corrected chi connectivity index (χ1v) is 8.79. The van der Waals surface area contributed by atoms with Gasteiger partial charge in [0, 0.05) is 24.6 Å². The Morgan fingerprint density at radius 2 is 1.86 bits per heavy atom. The molecule has 1 aliphatic carbocycles. The van der Waals surface area contributed by atoms with Gasteiger partial charge in [-0.1, -0.05) is 12.8 Å². The van der Waals surface area contributed by atoms with E-state index in [2.05, 4.69) is 10.0 Å². The van der Waals surface area contributed by atoms with Crippen molar-refractivity contribution in [3.63, 3.8) is 0 Å². The van der Waals surface area contributed by atoms with Crippen LogP contribution in [-0.4, -0.2) is 26.9 Å². The minimum atomic E-state index is -3.63. The molecule has 1 saturated carbocycles. The summed E-state index contributed by atoms with van der Waals surface area (Å²) in [6.45, 7) is 0.0722. The van der Waals surface area contributed by atoms with Gasteiger partial charge in [-0.2, -0.15) is 5.26 Å². The van der Waals surface area contributed by atoms with Crippen molar-refractivity contribution >= 4 is 15.9 Å². The lowest BCUT2D eigenvalue weighted by Crippen LogP contribution is -2.32. The van der Waals surface area contributed by atoms with Crippen LogP contribution in [-0.2, 0) is 10.0 Å². The monoisotopic (exact) mass is 321 g/mol. The van der Waals surface area contributed by atoms with Crippen LogP contribution in [0.3, 0.4) is 0 Å². The Labute approximate surface area is 130 Å². The van der Waals surface area contributed by atoms with Gasteiger partial charge in [0.15, 0.2) is 0 Å². The zero-order valence-corrected chi connectivity index (χ0v) is 13.0. The SMILES string of the molecule is N#CCCNS(=O)(=O)c1ccc(C(=O)NC2CCCC2)cc1. The van der Waals surface area contributed by atoms with E-state index in [0.29, 0.717) is 5.56 Å². The third-order valence-electron chi connectivity index (χ3n) is 3.65. The molecular weight excluding hydrogens is 302 g/mol. The lowest BCUT2D eigenvalue weighted by atomic mass is 10.2. The van der Waals surface area contributed by atoms with E-state index in [0.717, 1.165) is 25.7 Å². The number of sulfonamides is 1. The molecule has 22 heavy (non-hydrogen) atoms. The van der Waals surface area contributed by atoms with Crippen LogP contribution in [0, 0.1) is 11.3 Å². The van der Waals surface area contributed by atoms with Crippen LogP contribution in [0.25, 0.3) is 0 Å². The molecule has 2 N–H and O–H groups in total. The van der Waals surface area contributed by atoms with E-state index in [1.807, 2.05) is 6.07 Å². The molecule has 0 unspecified atom stereocenters. The van der Waals surface area contributed by atoms with E-state index in [1.54, 1.807) is 0 Å². The topological polar surface area (TPSA) is 99.1 Å². The largest absolute Gasteiger partial charge is 0.349 e. The van der Waals surface area contributed by atoms with Crippen molar-refractivity contribution in [3.05, 3.63) is 29.8 Å². The van der Waals surface area contributed by atoms with Gasteiger partial charge in [0.05, 0.1) is 11.0 Å². The number of carbonyl (C=O) groups excluding carboxylic acids is 1. The molecule has 0 atom stereocenters. The number of nitriles is 1. The fourth-order valence-corrected chi connectivity index (χ4v) is 3.48. The van der Waals surface area contributed by atoms with Crippen molar-refractivity contribution in [2.75, 3.05) is 6.54 Å². The van der Waals surface area contributed by atoms with Gasteiger partial charge < -0.3 is 5.32 Å². The summed E-state index contributed by atoms with van der Waals surface area (Å²) in [5.74, 6) is -0.173. The number of hydrogen-bond acceptors (Lipinski definition) is 4. The van der Waals surface area contributed by atoms with Crippen LogP contribution in [0.4, 0.5) is 0 Å². The van der Waals surface area contributed by atoms with Gasteiger partial charge in [-0.15, -0.1) is 0 Å². The highest BCUT2D eigenvalue weighted by Gasteiger charge is 2.19. The highest BCUT2D eigenvalue weighted by Crippen LogP contribution is 2.18. The Morgan fingerprint density at radius 3 is 2.45 bits per heavy atom. The number of benzene rings is 1. The summed E-state index contributed by atoms with van der Waals surface area (Å²) in [7, 11) is -3.63. The average molecular weight is 321 g/mol. The van der Waals surface area contributed by atoms with E-state index in [-0.39, 0.29) is 29.8 Å². The third-order valence-corrected chi connectivity index (χ3v) is 5.12. The molecule has 0 spiro atoms. The maximum Gasteiger partial charge on any atom is 0.251 e. The Balaban J connectivity index is 2.00. The smallest absolute Gasteiger partial charge is 0.251 e. The molecule has 1 aromatic carbocycles. The molecule has 0 aromatic heterocycles. The molecule has 1 aliphatic rings. The number of rotatable bonds is 6. The van der Waals surface area contributed by atoms with E-state index in [4.69, 9.17) is 5.26 Å². The maximum absolute atomic E-state index is 12.1. The van der Waals surface area contributed by atoms with Gasteiger partial charge in [-0.05, 0) is 37.1 Å². The van der Waals surface area contributed by atoms with Crippen molar-refractivity contribution in [3.8, 4) is 6.07 Å². The molecule has 0 aliphatic heterocycles. The number of nitrogens with zero attached hydrogens (tertiary/aromatic N) is 1. The molecule has 1 aromatic rings. The first kappa shape index (κ1) is 16.5. The van der Waals surface area contributed by atoms with Gasteiger partial charge in [0.25, 0.3) is 5.91 Å². The van der Waals surface area contributed by atoms with E-state index in [1.165, 1.54) is 24.3 Å². The normalized spacial score (nSPS) is 15.4. The summed E-state index contributed by atoms with van der Waals surface area (Å²) in [5.41, 5.74) is 0.447. The van der Waals surface area contributed by atoms with E-state index in [9.17, 15) is 13.2 Å². The Hall–Kier alpha value is -1.91. The van der Waals surface area contributed by atoms with E-state index >= 15 is 0 Å². The van der Waals surface area contributed by atoms with Gasteiger partial charge in [-0.3, -0.25) is 4.79 Å². The van der Waals surface area contributed by atoms with Crippen molar-refractivity contribution in [2.45, 2.75) is 43.0 Å². The van der Waals surface area contributed by atoms with Crippen molar-refractivity contribution in [1.82, 2.24) is 10.0 Å². The number of nitrogens with one attached hydrogen (secondary N) is 2. The van der Waals surface area contributed by atoms with Crippen LogP contribution < -0.4 is 10.0 Å². The van der Waals surface area contributed by atoms with Crippen LogP contribution in [0.15, 0.2) is 29.2 Å². The summed E-state index contributed by atoms with van der Waals surface area (Å²) in [6, 6.07) is 7.90. The Bertz CT molecular complexity index is 656. The molecule has 1 fully saturated rings. The van der Waals surface area contributed by atoms with Crippen LogP contribution >= 0.6 is 0 Å². The minimum absolute atomic E-state index is 0.0722. The van der Waals surface area contributed by atoms with Crippen molar-refractivity contribution in [1.29, 1.82) is 5.26 Å². The summed E-state index contributed by atoms with van der Waals surface area (Å²) in [6.07, 6.45) is 4.39. The Morgan fingerprint density at radius 1 is 1.23 bits per heavy atom. The number of carbonyl (C=O) groups is 1. The quantitative estimate of drug-likeness (QED) is 0.777. The lowest BCUT2D eigenvalue weighted by molar-refractivity contribution is 0.0938. The summed E-state index contributed by atoms with van der Waals surface area (Å²) in [5, 5.41) is 11.4. The highest BCUT2D eigenvalue weighted by molar-refractivity contribution is 7.89. The number of amides is 1. The Kier molecular flexibility index (Phi) is 5.52. The fourth-order valence-electron chi connectivity index (χ4n) is 2.45. The molecule has 2 rings (SSSR count). The first-order chi connectivity index (χ1) is 10.5. The van der Waals surface area contributed by atoms with Gasteiger partial charge in [0.2, 0.25) is 10.0 Å². The summed E-state index contributed by atoms with van der Waals surface area (Å²) < 4.78 is 26.2. The molecule has 0 radical (unpaired) electrons. The second-order valence-electron chi connectivity index (χ2n) is 5.29. The van der Waals surface area contributed by atoms with Crippen LogP contribution in [0.5, 0.6) is 0 Å². The molecule has 1 amide bonds. The summed E-state index contributed by atoms with van der Waals surface area (Å²) in [4.78, 5) is 12.1. The second-order valence-corrected chi connectivity index (χ2v) is 7.05. The van der Waals surface area contributed by atoms with Crippen molar-refractivity contribution in [2.24, 2.45) is 0 Å². The third kappa shape index (κ3) is 4.29. The van der Waals surface area contributed by atoms with Crippen LogP contribution in [0.1, 0.15) is 42.5 Å². The molecule has 0 bridgehead atoms. The van der Waals surface area contributed by atoms with Crippen molar-refractivity contribution < 1.29 is 13.2 Å². The lowest BCUT2D eigenvalue weighted by Gasteiger charge is -2.12. The maximum atomic E-state index is 12.1.